The van der Waals surface area contributed by atoms with Crippen LogP contribution >= 0.6 is 0 Å². The van der Waals surface area contributed by atoms with Gasteiger partial charge in [0.05, 0.1) is 6.54 Å². The Labute approximate surface area is 66.8 Å². The number of carbonyl (C=O) groups is 2. The van der Waals surface area contributed by atoms with E-state index in [-0.39, 0.29) is 18.4 Å². The summed E-state index contributed by atoms with van der Waals surface area (Å²) in [4.78, 5) is 24.5. The van der Waals surface area contributed by atoms with Gasteiger partial charge in [-0.25, -0.2) is 0 Å². The first-order chi connectivity index (χ1) is 4.95. The predicted octanol–water partition coefficient (Wildman–Crippen LogP) is -0.447. The summed E-state index contributed by atoms with van der Waals surface area (Å²) in [5.74, 6) is -0.164. The lowest BCUT2D eigenvalue weighted by atomic mass is 10.5. The Balaban J connectivity index is 3.85. The number of carbonyl (C=O) groups excluding carboxylic acids is 2. The minimum absolute atomic E-state index is 0.0669. The quantitative estimate of drug-likeness (QED) is 0.546. The van der Waals surface area contributed by atoms with Gasteiger partial charge in [0.1, 0.15) is 0 Å². The molecule has 0 unspecified atom stereocenters. The molecule has 0 aromatic carbocycles. The molecule has 0 aliphatic carbocycles. The Hall–Kier alpha value is -1.06. The van der Waals surface area contributed by atoms with Gasteiger partial charge in [-0.15, -0.1) is 0 Å². The molecule has 0 aliphatic rings. The summed E-state index contributed by atoms with van der Waals surface area (Å²) in [5.41, 5.74) is 0. The average molecular weight is 158 g/mol. The highest BCUT2D eigenvalue weighted by atomic mass is 16.2. The molecule has 0 bridgehead atoms. The van der Waals surface area contributed by atoms with Crippen LogP contribution in [0.1, 0.15) is 6.92 Å². The van der Waals surface area contributed by atoms with E-state index < -0.39 is 0 Å². The Morgan fingerprint density at radius 3 is 1.91 bits per heavy atom. The molecule has 0 atom stereocenters. The van der Waals surface area contributed by atoms with Crippen LogP contribution in [0.3, 0.4) is 0 Å². The zero-order chi connectivity index (χ0) is 9.02. The summed E-state index contributed by atoms with van der Waals surface area (Å²) < 4.78 is 0. The van der Waals surface area contributed by atoms with Gasteiger partial charge in [0.25, 0.3) is 0 Å². The summed E-state index contributed by atoms with van der Waals surface area (Å²) in [5, 5.41) is 0. The molecule has 0 radical (unpaired) electrons. The summed E-state index contributed by atoms with van der Waals surface area (Å²) in [7, 11) is 4.93. The second-order valence-electron chi connectivity index (χ2n) is 2.66. The van der Waals surface area contributed by atoms with Crippen LogP contribution in [0.15, 0.2) is 0 Å². The molecule has 0 saturated carbocycles. The SMILES string of the molecule is CC(=O)N(C)CC(=O)N(C)C. The van der Waals surface area contributed by atoms with Crippen LogP contribution in [0.4, 0.5) is 0 Å². The molecule has 4 nitrogen and oxygen atoms in total. The zero-order valence-corrected chi connectivity index (χ0v) is 7.42. The van der Waals surface area contributed by atoms with E-state index >= 15 is 0 Å². The van der Waals surface area contributed by atoms with Crippen molar-refractivity contribution < 1.29 is 9.59 Å². The highest BCUT2D eigenvalue weighted by molar-refractivity contribution is 5.83. The van der Waals surface area contributed by atoms with Crippen LogP contribution in [0.25, 0.3) is 0 Å². The largest absolute Gasteiger partial charge is 0.347 e. The van der Waals surface area contributed by atoms with Gasteiger partial charge in [-0.1, -0.05) is 0 Å². The Bertz CT molecular complexity index is 166. The maximum absolute atomic E-state index is 11.0. The van der Waals surface area contributed by atoms with E-state index in [0.717, 1.165) is 0 Å². The molecule has 0 aromatic rings. The van der Waals surface area contributed by atoms with Gasteiger partial charge >= 0.3 is 0 Å². The molecule has 0 N–H and O–H groups in total. The van der Waals surface area contributed by atoms with Crippen LogP contribution in [0, 0.1) is 0 Å². The molecule has 0 spiro atoms. The molecule has 0 saturated heterocycles. The second-order valence-corrected chi connectivity index (χ2v) is 2.66. The summed E-state index contributed by atoms with van der Waals surface area (Å²) >= 11 is 0. The molecule has 11 heavy (non-hydrogen) atoms. The number of amides is 2. The van der Waals surface area contributed by atoms with Crippen molar-refractivity contribution >= 4 is 11.8 Å². The average Bonchev–Trinajstić information content (AvgIpc) is 1.87. The third kappa shape index (κ3) is 3.60. The topological polar surface area (TPSA) is 40.6 Å². The molecule has 64 valence electrons. The van der Waals surface area contributed by atoms with Crippen molar-refractivity contribution in [2.45, 2.75) is 6.92 Å². The Morgan fingerprint density at radius 1 is 1.18 bits per heavy atom. The molecule has 0 fully saturated rings. The third-order valence-corrected chi connectivity index (χ3v) is 1.41. The van der Waals surface area contributed by atoms with Crippen molar-refractivity contribution in [1.29, 1.82) is 0 Å². The third-order valence-electron chi connectivity index (χ3n) is 1.41. The van der Waals surface area contributed by atoms with Crippen molar-refractivity contribution in [3.63, 3.8) is 0 Å². The summed E-state index contributed by atoms with van der Waals surface area (Å²) in [6.45, 7) is 1.59. The van der Waals surface area contributed by atoms with E-state index in [2.05, 4.69) is 0 Å². The zero-order valence-electron chi connectivity index (χ0n) is 7.42. The van der Waals surface area contributed by atoms with E-state index in [1.807, 2.05) is 0 Å². The van der Waals surface area contributed by atoms with E-state index in [0.29, 0.717) is 0 Å². The predicted molar refractivity (Wildman–Crippen MR) is 42.0 cm³/mol. The standard InChI is InChI=1S/C7H14N2O2/c1-6(10)9(4)5-7(11)8(2)3/h5H2,1-4H3. The van der Waals surface area contributed by atoms with Crippen molar-refractivity contribution in [2.24, 2.45) is 0 Å². The number of nitrogens with zero attached hydrogens (tertiary/aromatic N) is 2. The van der Waals surface area contributed by atoms with Crippen LogP contribution < -0.4 is 0 Å². The lowest BCUT2D eigenvalue weighted by Crippen LogP contribution is -2.36. The van der Waals surface area contributed by atoms with Gasteiger partial charge in [0, 0.05) is 28.1 Å². The molecule has 4 heteroatoms. The highest BCUT2D eigenvalue weighted by Gasteiger charge is 2.09. The van der Waals surface area contributed by atoms with Crippen LogP contribution in [-0.4, -0.2) is 49.3 Å². The lowest BCUT2D eigenvalue weighted by molar-refractivity contribution is -0.136. The number of likely N-dealkylation sites (N-methyl/N-ethyl adjacent to an activating group) is 2. The number of hydrogen-bond donors (Lipinski definition) is 0. The van der Waals surface area contributed by atoms with Crippen molar-refractivity contribution in [3.05, 3.63) is 0 Å². The summed E-state index contributed by atoms with van der Waals surface area (Å²) in [6, 6.07) is 0. The Kier molecular flexibility index (Phi) is 3.57. The van der Waals surface area contributed by atoms with Crippen LogP contribution in [-0.2, 0) is 9.59 Å². The molecule has 0 heterocycles. The van der Waals surface area contributed by atoms with Gasteiger partial charge in [0.15, 0.2) is 0 Å². The first-order valence-corrected chi connectivity index (χ1v) is 3.37. The second kappa shape index (κ2) is 3.95. The first kappa shape index (κ1) is 9.94. The minimum Gasteiger partial charge on any atom is -0.347 e. The smallest absolute Gasteiger partial charge is 0.241 e. The first-order valence-electron chi connectivity index (χ1n) is 3.37. The maximum Gasteiger partial charge on any atom is 0.241 e. The fourth-order valence-corrected chi connectivity index (χ4v) is 0.456. The number of hydrogen-bond acceptors (Lipinski definition) is 2. The normalized spacial score (nSPS) is 9.09. The molecule has 2 amide bonds. The highest BCUT2D eigenvalue weighted by Crippen LogP contribution is 1.86. The van der Waals surface area contributed by atoms with E-state index in [1.54, 1.807) is 21.1 Å². The van der Waals surface area contributed by atoms with Gasteiger partial charge in [-0.2, -0.15) is 0 Å². The molecule has 0 aliphatic heterocycles. The van der Waals surface area contributed by atoms with Gasteiger partial charge in [0.2, 0.25) is 11.8 Å². The molecular formula is C7H14N2O2. The fourth-order valence-electron chi connectivity index (χ4n) is 0.456. The van der Waals surface area contributed by atoms with Crippen molar-refractivity contribution in [3.8, 4) is 0 Å². The number of rotatable bonds is 2. The summed E-state index contributed by atoms with van der Waals surface area (Å²) in [6.07, 6.45) is 0. The minimum atomic E-state index is -0.0970. The molecule has 0 aromatic heterocycles. The Morgan fingerprint density at radius 2 is 1.64 bits per heavy atom. The van der Waals surface area contributed by atoms with E-state index in [1.165, 1.54) is 16.7 Å². The monoisotopic (exact) mass is 158 g/mol. The van der Waals surface area contributed by atoms with Crippen molar-refractivity contribution in [1.82, 2.24) is 9.80 Å². The van der Waals surface area contributed by atoms with Gasteiger partial charge in [-0.3, -0.25) is 9.59 Å². The molecular weight excluding hydrogens is 144 g/mol. The van der Waals surface area contributed by atoms with Crippen LogP contribution in [0.2, 0.25) is 0 Å². The van der Waals surface area contributed by atoms with Crippen molar-refractivity contribution in [2.75, 3.05) is 27.7 Å². The molecule has 0 rings (SSSR count). The fraction of sp³-hybridized carbons (Fsp3) is 0.714. The lowest BCUT2D eigenvalue weighted by Gasteiger charge is -2.17. The van der Waals surface area contributed by atoms with Gasteiger partial charge < -0.3 is 9.80 Å². The van der Waals surface area contributed by atoms with E-state index in [4.69, 9.17) is 0 Å². The van der Waals surface area contributed by atoms with E-state index in [9.17, 15) is 9.59 Å². The maximum atomic E-state index is 11.0. The van der Waals surface area contributed by atoms with Gasteiger partial charge in [-0.05, 0) is 0 Å². The van der Waals surface area contributed by atoms with Crippen LogP contribution in [0.5, 0.6) is 0 Å².